The van der Waals surface area contributed by atoms with Crippen LogP contribution in [0.4, 0.5) is 0 Å². The van der Waals surface area contributed by atoms with E-state index in [9.17, 15) is 0 Å². The van der Waals surface area contributed by atoms with Crippen LogP contribution in [0.25, 0.3) is 0 Å². The van der Waals surface area contributed by atoms with E-state index in [1.165, 1.54) is 82.8 Å². The van der Waals surface area contributed by atoms with Crippen molar-refractivity contribution in [1.29, 1.82) is 0 Å². The van der Waals surface area contributed by atoms with Gasteiger partial charge in [0.15, 0.2) is 5.11 Å². The van der Waals surface area contributed by atoms with E-state index in [1.807, 2.05) is 0 Å². The van der Waals surface area contributed by atoms with E-state index in [-0.39, 0.29) is 5.38 Å². The molecule has 5 rings (SSSR count). The predicted molar refractivity (Wildman–Crippen MR) is 171 cm³/mol. The Morgan fingerprint density at radius 2 is 1.62 bits per heavy atom. The Kier molecular flexibility index (Phi) is 9.06. The highest BCUT2D eigenvalue weighted by Gasteiger charge is 2.66. The number of alkyl halides is 1. The Balaban J connectivity index is 1.38. The van der Waals surface area contributed by atoms with Crippen molar-refractivity contribution in [2.45, 2.75) is 149 Å². The monoisotopic (exact) mass is 575 g/mol. The number of rotatable bonds is 7. The molecule has 39 heavy (non-hydrogen) atoms. The van der Waals surface area contributed by atoms with Gasteiger partial charge in [-0.2, -0.15) is 5.10 Å². The number of halogens is 1. The third-order valence-corrected chi connectivity index (χ3v) is 13.7. The van der Waals surface area contributed by atoms with E-state index in [0.29, 0.717) is 33.3 Å². The highest BCUT2D eigenvalue weighted by atomic mass is 35.5. The van der Waals surface area contributed by atoms with Crippen LogP contribution in [0.2, 0.25) is 0 Å². The van der Waals surface area contributed by atoms with Gasteiger partial charge < -0.3 is 5.32 Å². The quantitative estimate of drug-likeness (QED) is 0.180. The van der Waals surface area contributed by atoms with Gasteiger partial charge >= 0.3 is 0 Å². The smallest absolute Gasteiger partial charge is 0.187 e. The molecule has 0 aliphatic heterocycles. The largest absolute Gasteiger partial charge is 0.359 e. The van der Waals surface area contributed by atoms with Gasteiger partial charge in [0.2, 0.25) is 0 Å². The highest BCUT2D eigenvalue weighted by Crippen LogP contribution is 2.72. The molecular formula is C34H58ClN3S. The molecule has 2 N–H and O–H groups in total. The zero-order valence-electron chi connectivity index (χ0n) is 26.0. The van der Waals surface area contributed by atoms with E-state index in [4.69, 9.17) is 28.9 Å². The Bertz CT molecular complexity index is 914. The third kappa shape index (κ3) is 5.70. The number of nitrogens with zero attached hydrogens (tertiary/aromatic N) is 1. The average molecular weight is 576 g/mol. The Morgan fingerprint density at radius 3 is 2.33 bits per heavy atom. The van der Waals surface area contributed by atoms with Crippen molar-refractivity contribution >= 4 is 34.6 Å². The Morgan fingerprint density at radius 1 is 0.923 bits per heavy atom. The van der Waals surface area contributed by atoms with Gasteiger partial charge in [0, 0.05) is 23.0 Å². The standard InChI is InChI=1S/C34H58ClN3S/c1-22(2)10-9-11-23(3)26-14-15-29-32(26,4)19-17-30-33(5)18-16-24(35)20-27(33)28(21-34(29,30)6)37-38-31(39)36-25-12-7-8-13-25/h22-27,29-30H,7-21H2,1-6H3,(H2,36,38,39)/b37-28-/t23-,24+,26-,27-,29-,30-,32-,33+,34+/m1/s1. The summed E-state index contributed by atoms with van der Waals surface area (Å²) >= 11 is 12.6. The second-order valence-corrected chi connectivity index (χ2v) is 16.9. The molecule has 0 bridgehead atoms. The van der Waals surface area contributed by atoms with Gasteiger partial charge in [-0.3, -0.25) is 5.43 Å². The van der Waals surface area contributed by atoms with Gasteiger partial charge in [0.25, 0.3) is 0 Å². The van der Waals surface area contributed by atoms with Gasteiger partial charge in [-0.1, -0.05) is 73.6 Å². The minimum atomic E-state index is 0.276. The minimum absolute atomic E-state index is 0.276. The fourth-order valence-electron chi connectivity index (χ4n) is 11.3. The second kappa shape index (κ2) is 11.7. The second-order valence-electron chi connectivity index (χ2n) is 15.9. The summed E-state index contributed by atoms with van der Waals surface area (Å²) in [6.07, 6.45) is 19.5. The van der Waals surface area contributed by atoms with Gasteiger partial charge in [-0.25, -0.2) is 0 Å². The number of hydrazone groups is 1. The summed E-state index contributed by atoms with van der Waals surface area (Å²) in [4.78, 5) is 0. The normalized spacial score (nSPS) is 44.1. The van der Waals surface area contributed by atoms with Crippen LogP contribution in [0.15, 0.2) is 5.10 Å². The lowest BCUT2D eigenvalue weighted by atomic mass is 9.39. The van der Waals surface area contributed by atoms with Crippen LogP contribution in [0.1, 0.15) is 138 Å². The number of hydrogen-bond donors (Lipinski definition) is 2. The summed E-state index contributed by atoms with van der Waals surface area (Å²) in [7, 11) is 0. The zero-order chi connectivity index (χ0) is 28.0. The van der Waals surface area contributed by atoms with Gasteiger partial charge in [0.1, 0.15) is 0 Å². The van der Waals surface area contributed by atoms with Crippen molar-refractivity contribution < 1.29 is 0 Å². The molecule has 0 radical (unpaired) electrons. The van der Waals surface area contributed by atoms with Crippen molar-refractivity contribution in [2.75, 3.05) is 0 Å². The maximum Gasteiger partial charge on any atom is 0.187 e. The van der Waals surface area contributed by atoms with E-state index >= 15 is 0 Å². The lowest BCUT2D eigenvalue weighted by Gasteiger charge is -2.66. The van der Waals surface area contributed by atoms with Crippen LogP contribution in [0, 0.1) is 51.8 Å². The van der Waals surface area contributed by atoms with Crippen LogP contribution in [0.5, 0.6) is 0 Å². The lowest BCUT2D eigenvalue weighted by molar-refractivity contribution is -0.134. The first-order valence-corrected chi connectivity index (χ1v) is 17.6. The maximum atomic E-state index is 6.86. The molecule has 222 valence electrons. The van der Waals surface area contributed by atoms with Crippen molar-refractivity contribution in [2.24, 2.45) is 56.9 Å². The molecule has 5 fully saturated rings. The topological polar surface area (TPSA) is 36.4 Å². The Hall–Kier alpha value is -0.350. The van der Waals surface area contributed by atoms with Gasteiger partial charge in [-0.05, 0) is 122 Å². The molecule has 3 nitrogen and oxygen atoms in total. The highest BCUT2D eigenvalue weighted by molar-refractivity contribution is 7.80. The van der Waals surface area contributed by atoms with Crippen molar-refractivity contribution in [1.82, 2.24) is 10.7 Å². The first-order valence-electron chi connectivity index (χ1n) is 16.7. The van der Waals surface area contributed by atoms with Crippen LogP contribution < -0.4 is 10.7 Å². The molecular weight excluding hydrogens is 518 g/mol. The summed E-state index contributed by atoms with van der Waals surface area (Å²) in [6, 6.07) is 0.516. The zero-order valence-corrected chi connectivity index (χ0v) is 27.5. The molecule has 0 aromatic heterocycles. The van der Waals surface area contributed by atoms with Crippen LogP contribution in [0.3, 0.4) is 0 Å². The maximum absolute atomic E-state index is 6.86. The first kappa shape index (κ1) is 30.1. The number of thiocarbonyl (C=S) groups is 1. The summed E-state index contributed by atoms with van der Waals surface area (Å²) in [6.45, 7) is 15.3. The molecule has 5 heteroatoms. The van der Waals surface area contributed by atoms with Crippen molar-refractivity contribution in [3.8, 4) is 0 Å². The molecule has 0 amide bonds. The number of hydrogen-bond acceptors (Lipinski definition) is 2. The summed E-state index contributed by atoms with van der Waals surface area (Å²) in [5, 5.41) is 9.71. The summed E-state index contributed by atoms with van der Waals surface area (Å²) in [5.74, 6) is 4.58. The minimum Gasteiger partial charge on any atom is -0.359 e. The van der Waals surface area contributed by atoms with E-state index in [1.54, 1.807) is 0 Å². The van der Waals surface area contributed by atoms with E-state index < -0.39 is 0 Å². The molecule has 5 aliphatic carbocycles. The fourth-order valence-corrected chi connectivity index (χ4v) is 11.8. The van der Waals surface area contributed by atoms with Crippen LogP contribution in [-0.4, -0.2) is 22.2 Å². The van der Waals surface area contributed by atoms with Gasteiger partial charge in [-0.15, -0.1) is 11.6 Å². The van der Waals surface area contributed by atoms with Crippen LogP contribution >= 0.6 is 23.8 Å². The third-order valence-electron chi connectivity index (χ3n) is 13.1. The van der Waals surface area contributed by atoms with Crippen molar-refractivity contribution in [3.63, 3.8) is 0 Å². The molecule has 0 saturated heterocycles. The molecule has 0 unspecified atom stereocenters. The lowest BCUT2D eigenvalue weighted by Crippen LogP contribution is -2.61. The number of nitrogens with one attached hydrogen (secondary N) is 2. The van der Waals surface area contributed by atoms with Crippen molar-refractivity contribution in [3.05, 3.63) is 0 Å². The summed E-state index contributed by atoms with van der Waals surface area (Å²) < 4.78 is 0. The van der Waals surface area contributed by atoms with Gasteiger partial charge in [0.05, 0.1) is 0 Å². The fraction of sp³-hybridized carbons (Fsp3) is 0.941. The van der Waals surface area contributed by atoms with Crippen LogP contribution in [-0.2, 0) is 0 Å². The number of fused-ring (bicyclic) bond motifs is 5. The molecule has 0 heterocycles. The molecule has 0 aromatic rings. The molecule has 5 saturated carbocycles. The Labute approximate surface area is 250 Å². The predicted octanol–water partition coefficient (Wildman–Crippen LogP) is 9.48. The first-order chi connectivity index (χ1) is 18.5. The molecule has 0 spiro atoms. The van der Waals surface area contributed by atoms with E-state index in [2.05, 4.69) is 52.3 Å². The SMILES string of the molecule is CC(C)CCC[C@@H](C)[C@H]1CC[C@H]2[C@]3(C)C/C(=N/NC(=S)NC4CCCC4)[C@H]4C[C@@H](Cl)CC[C@]4(C)[C@H]3CC[C@@]21C. The summed E-state index contributed by atoms with van der Waals surface area (Å²) in [5.41, 5.74) is 5.79. The molecule has 5 aliphatic rings. The molecule has 9 atom stereocenters. The van der Waals surface area contributed by atoms with E-state index in [0.717, 1.165) is 48.9 Å². The molecule has 0 aromatic carbocycles. The average Bonchev–Trinajstić information content (AvgIpc) is 3.51.